The fourth-order valence-corrected chi connectivity index (χ4v) is 4.83. The molecule has 2 rings (SSSR count). The lowest BCUT2D eigenvalue weighted by Crippen LogP contribution is -2.11. The summed E-state index contributed by atoms with van der Waals surface area (Å²) in [5.41, 5.74) is 3.61. The van der Waals surface area contributed by atoms with Crippen LogP contribution in [0.5, 0.6) is 0 Å². The van der Waals surface area contributed by atoms with E-state index >= 15 is 0 Å². The van der Waals surface area contributed by atoms with Crippen LogP contribution in [0.25, 0.3) is 6.08 Å². The number of nitrogens with zero attached hydrogens (tertiary/aromatic N) is 1. The number of benzene rings is 2. The first-order valence-corrected chi connectivity index (χ1v) is 11.8. The molecule has 5 heteroatoms. The van der Waals surface area contributed by atoms with Crippen molar-refractivity contribution in [2.24, 2.45) is 4.40 Å². The molecule has 0 N–H and O–H groups in total. The van der Waals surface area contributed by atoms with Gasteiger partial charge in [0.05, 0.1) is 4.90 Å². The molecule has 0 aliphatic carbocycles. The van der Waals surface area contributed by atoms with Crippen LogP contribution in [0.2, 0.25) is 5.02 Å². The highest BCUT2D eigenvalue weighted by Gasteiger charge is 2.26. The molecule has 0 aliphatic heterocycles. The van der Waals surface area contributed by atoms with Gasteiger partial charge in [-0.25, -0.2) is 0 Å². The molecule has 0 saturated heterocycles. The van der Waals surface area contributed by atoms with Gasteiger partial charge in [-0.05, 0) is 52.1 Å². The highest BCUT2D eigenvalue weighted by Crippen LogP contribution is 2.35. The maximum Gasteiger partial charge on any atom is 0.282 e. The quantitative estimate of drug-likeness (QED) is 0.435. The Bertz CT molecular complexity index is 990. The van der Waals surface area contributed by atoms with Crippen LogP contribution in [0.4, 0.5) is 0 Å². The van der Waals surface area contributed by atoms with E-state index in [0.717, 1.165) is 22.3 Å². The Hall–Kier alpha value is -1.91. The van der Waals surface area contributed by atoms with Crippen molar-refractivity contribution in [2.45, 2.75) is 64.2 Å². The second-order valence-electron chi connectivity index (χ2n) is 8.10. The Labute approximate surface area is 180 Å². The normalized spacial score (nSPS) is 12.9. The molecule has 0 radical (unpaired) electrons. The molecule has 0 atom stereocenters. The third-order valence-electron chi connectivity index (χ3n) is 4.80. The van der Waals surface area contributed by atoms with Crippen LogP contribution in [-0.2, 0) is 10.0 Å². The fraction of sp³-hybridized carbons (Fsp3) is 0.375. The summed E-state index contributed by atoms with van der Waals surface area (Å²) in [6, 6.07) is 11.4. The third kappa shape index (κ3) is 5.80. The van der Waals surface area contributed by atoms with Crippen LogP contribution in [0.15, 0.2) is 51.8 Å². The monoisotopic (exact) mass is 431 g/mol. The first-order chi connectivity index (χ1) is 13.5. The first-order valence-electron chi connectivity index (χ1n) is 9.93. The molecule has 0 heterocycles. The van der Waals surface area contributed by atoms with E-state index < -0.39 is 10.0 Å². The maximum absolute atomic E-state index is 13.2. The zero-order chi connectivity index (χ0) is 21.8. The van der Waals surface area contributed by atoms with E-state index in [2.05, 4.69) is 18.2 Å². The molecule has 2 aromatic rings. The number of allylic oxidation sites excluding steroid dienone is 1. The SMILES string of the molecule is CC(C)c1cc(C(C)C)c(S(=O)(=O)/N=C/C=C/c2ccccc2Cl)c(C(C)C)c1. The minimum absolute atomic E-state index is 0.0739. The van der Waals surface area contributed by atoms with Crippen molar-refractivity contribution in [3.05, 3.63) is 69.8 Å². The van der Waals surface area contributed by atoms with Gasteiger partial charge in [-0.1, -0.05) is 89.6 Å². The smallest absolute Gasteiger partial charge is 0.199 e. The van der Waals surface area contributed by atoms with E-state index in [1.54, 1.807) is 18.2 Å². The predicted molar refractivity (Wildman–Crippen MR) is 125 cm³/mol. The van der Waals surface area contributed by atoms with Gasteiger partial charge in [0.25, 0.3) is 10.0 Å². The molecule has 0 aromatic heterocycles. The van der Waals surface area contributed by atoms with Crippen molar-refractivity contribution >= 4 is 33.9 Å². The van der Waals surface area contributed by atoms with Crippen LogP contribution >= 0.6 is 11.6 Å². The molecule has 2 aromatic carbocycles. The molecule has 0 amide bonds. The van der Waals surface area contributed by atoms with Gasteiger partial charge in [0, 0.05) is 11.2 Å². The number of rotatable bonds is 7. The number of hydrogen-bond acceptors (Lipinski definition) is 2. The average molecular weight is 432 g/mol. The van der Waals surface area contributed by atoms with Gasteiger partial charge in [-0.2, -0.15) is 12.8 Å². The van der Waals surface area contributed by atoms with Crippen LogP contribution in [0.1, 0.15) is 81.5 Å². The summed E-state index contributed by atoms with van der Waals surface area (Å²) in [6.07, 6.45) is 4.67. The molecular formula is C24H30ClNO2S. The van der Waals surface area contributed by atoms with E-state index in [9.17, 15) is 8.42 Å². The summed E-state index contributed by atoms with van der Waals surface area (Å²) in [7, 11) is -3.83. The van der Waals surface area contributed by atoms with Crippen LogP contribution in [0.3, 0.4) is 0 Å². The van der Waals surface area contributed by atoms with Crippen LogP contribution < -0.4 is 0 Å². The summed E-state index contributed by atoms with van der Waals surface area (Å²) in [4.78, 5) is 0.342. The molecule has 0 saturated carbocycles. The van der Waals surface area contributed by atoms with Crippen LogP contribution in [-0.4, -0.2) is 14.6 Å². The van der Waals surface area contributed by atoms with Crippen molar-refractivity contribution in [1.29, 1.82) is 0 Å². The minimum atomic E-state index is -3.83. The van der Waals surface area contributed by atoms with Gasteiger partial charge in [0.2, 0.25) is 0 Å². The molecule has 156 valence electrons. The molecule has 0 fully saturated rings. The molecule has 0 unspecified atom stereocenters. The Morgan fingerprint density at radius 3 is 1.93 bits per heavy atom. The van der Waals surface area contributed by atoms with E-state index in [-0.39, 0.29) is 11.8 Å². The largest absolute Gasteiger partial charge is 0.282 e. The predicted octanol–water partition coefficient (Wildman–Crippen LogP) is 7.18. The topological polar surface area (TPSA) is 46.5 Å². The lowest BCUT2D eigenvalue weighted by Gasteiger charge is -2.21. The third-order valence-corrected chi connectivity index (χ3v) is 6.53. The van der Waals surface area contributed by atoms with Gasteiger partial charge in [0.15, 0.2) is 0 Å². The van der Waals surface area contributed by atoms with Gasteiger partial charge < -0.3 is 0 Å². The Morgan fingerprint density at radius 1 is 0.897 bits per heavy atom. The molecule has 0 bridgehead atoms. The molecular weight excluding hydrogens is 402 g/mol. The van der Waals surface area contributed by atoms with E-state index in [4.69, 9.17) is 11.6 Å². The molecule has 0 spiro atoms. The fourth-order valence-electron chi connectivity index (χ4n) is 3.11. The summed E-state index contributed by atoms with van der Waals surface area (Å²) >= 11 is 6.13. The van der Waals surface area contributed by atoms with E-state index in [1.165, 1.54) is 6.21 Å². The Balaban J connectivity index is 2.51. The Morgan fingerprint density at radius 2 is 1.45 bits per heavy atom. The summed E-state index contributed by atoms with van der Waals surface area (Å²) in [5, 5.41) is 0.605. The standard InChI is InChI=1S/C24H30ClNO2S/c1-16(2)20-14-21(17(3)4)24(22(15-20)18(5)6)29(27,28)26-13-9-11-19-10-7-8-12-23(19)25/h7-18H,1-6H3/b11-9+,26-13+. The zero-order valence-corrected chi connectivity index (χ0v) is 19.6. The van der Waals surface area contributed by atoms with Gasteiger partial charge in [0.1, 0.15) is 0 Å². The maximum atomic E-state index is 13.2. The zero-order valence-electron chi connectivity index (χ0n) is 18.0. The van der Waals surface area contributed by atoms with E-state index in [1.807, 2.05) is 58.0 Å². The molecule has 3 nitrogen and oxygen atoms in total. The van der Waals surface area contributed by atoms with Crippen molar-refractivity contribution in [3.63, 3.8) is 0 Å². The van der Waals surface area contributed by atoms with Gasteiger partial charge >= 0.3 is 0 Å². The number of hydrogen-bond donors (Lipinski definition) is 0. The number of sulfonamides is 1. The Kier molecular flexibility index (Phi) is 7.84. The lowest BCUT2D eigenvalue weighted by atomic mass is 9.89. The van der Waals surface area contributed by atoms with Crippen molar-refractivity contribution in [2.75, 3.05) is 0 Å². The first kappa shape index (κ1) is 23.4. The second-order valence-corrected chi connectivity index (χ2v) is 10.1. The van der Waals surface area contributed by atoms with Crippen LogP contribution in [0, 0.1) is 0 Å². The lowest BCUT2D eigenvalue weighted by molar-refractivity contribution is 0.592. The molecule has 0 aliphatic rings. The summed E-state index contributed by atoms with van der Waals surface area (Å²) < 4.78 is 30.3. The van der Waals surface area contributed by atoms with Crippen molar-refractivity contribution < 1.29 is 8.42 Å². The van der Waals surface area contributed by atoms with E-state index in [0.29, 0.717) is 15.8 Å². The highest BCUT2D eigenvalue weighted by molar-refractivity contribution is 7.90. The van der Waals surface area contributed by atoms with Crippen molar-refractivity contribution in [3.8, 4) is 0 Å². The minimum Gasteiger partial charge on any atom is -0.199 e. The van der Waals surface area contributed by atoms with Gasteiger partial charge in [-0.15, -0.1) is 0 Å². The summed E-state index contributed by atoms with van der Waals surface area (Å²) in [6.45, 7) is 12.3. The highest BCUT2D eigenvalue weighted by atomic mass is 35.5. The average Bonchev–Trinajstić information content (AvgIpc) is 2.65. The summed E-state index contributed by atoms with van der Waals surface area (Å²) in [5.74, 6) is 0.471. The second kappa shape index (κ2) is 9.73. The van der Waals surface area contributed by atoms with Crippen molar-refractivity contribution in [1.82, 2.24) is 0 Å². The van der Waals surface area contributed by atoms with Gasteiger partial charge in [-0.3, -0.25) is 0 Å². The molecule has 29 heavy (non-hydrogen) atoms. The number of halogens is 1.